The number of aromatic nitrogens is 1. The van der Waals surface area contributed by atoms with Crippen molar-refractivity contribution in [1.29, 1.82) is 0 Å². The van der Waals surface area contributed by atoms with Crippen LogP contribution >= 0.6 is 11.8 Å². The average molecular weight is 441 g/mol. The first kappa shape index (κ1) is 20.5. The molecule has 1 saturated heterocycles. The zero-order valence-electron chi connectivity index (χ0n) is 17.5. The molecule has 1 fully saturated rings. The molecule has 1 amide bonds. The molecule has 4 aromatic rings. The fraction of sp³-hybridized carbons (Fsp3) is 0.154. The summed E-state index contributed by atoms with van der Waals surface area (Å²) in [4.78, 5) is 18.3. The molecule has 0 saturated carbocycles. The van der Waals surface area contributed by atoms with Gasteiger partial charge in [0, 0.05) is 50.9 Å². The molecule has 2 heterocycles. The third-order valence-corrected chi connectivity index (χ3v) is 6.79. The van der Waals surface area contributed by atoms with Gasteiger partial charge in [-0.2, -0.15) is 0 Å². The van der Waals surface area contributed by atoms with Gasteiger partial charge in [-0.15, -0.1) is 11.8 Å². The van der Waals surface area contributed by atoms with E-state index in [0.29, 0.717) is 10.8 Å². The molecule has 160 valence electrons. The summed E-state index contributed by atoms with van der Waals surface area (Å²) >= 11 is 1.89. The van der Waals surface area contributed by atoms with E-state index in [0.717, 1.165) is 41.1 Å². The van der Waals surface area contributed by atoms with E-state index >= 15 is 0 Å². The summed E-state index contributed by atoms with van der Waals surface area (Å²) in [6, 6.07) is 25.5. The van der Waals surface area contributed by atoms with Gasteiger partial charge in [-0.25, -0.2) is 0 Å². The number of amides is 1. The van der Waals surface area contributed by atoms with E-state index in [1.165, 1.54) is 11.3 Å². The van der Waals surface area contributed by atoms with E-state index < -0.39 is 0 Å². The number of rotatable bonds is 6. The van der Waals surface area contributed by atoms with E-state index in [4.69, 9.17) is 0 Å². The molecule has 1 aliphatic rings. The monoisotopic (exact) mass is 440 g/mol. The van der Waals surface area contributed by atoms with Crippen LogP contribution in [0.2, 0.25) is 0 Å². The van der Waals surface area contributed by atoms with Crippen LogP contribution in [0.1, 0.15) is 16.8 Å². The smallest absolute Gasteiger partial charge is 0.255 e. The molecule has 5 nitrogen and oxygen atoms in total. The Hall–Kier alpha value is -3.35. The second kappa shape index (κ2) is 9.42. The number of nitrogens with zero attached hydrogens (tertiary/aromatic N) is 1. The van der Waals surface area contributed by atoms with E-state index in [1.807, 2.05) is 78.5 Å². The number of hydrogen-bond donors (Lipinski definition) is 3. The van der Waals surface area contributed by atoms with Crippen molar-refractivity contribution in [2.45, 2.75) is 16.6 Å². The molecular formula is C26H24N4OS. The van der Waals surface area contributed by atoms with Gasteiger partial charge >= 0.3 is 0 Å². The normalized spacial score (nSPS) is 15.6. The number of para-hydroxylation sites is 1. The lowest BCUT2D eigenvalue weighted by Gasteiger charge is -2.11. The lowest BCUT2D eigenvalue weighted by Crippen LogP contribution is -2.12. The maximum atomic E-state index is 12.7. The Labute approximate surface area is 191 Å². The van der Waals surface area contributed by atoms with Crippen LogP contribution in [0.15, 0.2) is 90.0 Å². The Morgan fingerprint density at radius 2 is 1.72 bits per heavy atom. The van der Waals surface area contributed by atoms with Crippen LogP contribution < -0.4 is 16.0 Å². The Morgan fingerprint density at radius 1 is 0.938 bits per heavy atom. The summed E-state index contributed by atoms with van der Waals surface area (Å²) < 4.78 is 0. The number of fused-ring (bicyclic) bond motifs is 1. The molecule has 1 atom stereocenters. The summed E-state index contributed by atoms with van der Waals surface area (Å²) in [6.07, 6.45) is 2.99. The van der Waals surface area contributed by atoms with Crippen LogP contribution in [0.25, 0.3) is 10.9 Å². The third-order valence-electron chi connectivity index (χ3n) is 5.51. The first-order valence-electron chi connectivity index (χ1n) is 10.7. The number of benzene rings is 3. The van der Waals surface area contributed by atoms with Crippen molar-refractivity contribution in [2.24, 2.45) is 0 Å². The van der Waals surface area contributed by atoms with Crippen LogP contribution in [0.5, 0.6) is 0 Å². The number of carbonyl (C=O) groups excluding carboxylic acids is 1. The molecule has 0 spiro atoms. The molecule has 6 heteroatoms. The quantitative estimate of drug-likeness (QED) is 0.360. The molecule has 3 N–H and O–H groups in total. The van der Waals surface area contributed by atoms with Gasteiger partial charge < -0.3 is 16.0 Å². The Kier molecular flexibility index (Phi) is 6.05. The Morgan fingerprint density at radius 3 is 2.50 bits per heavy atom. The van der Waals surface area contributed by atoms with Crippen molar-refractivity contribution < 1.29 is 4.79 Å². The number of carbonyl (C=O) groups is 1. The zero-order chi connectivity index (χ0) is 21.8. The van der Waals surface area contributed by atoms with Crippen molar-refractivity contribution in [3.8, 4) is 0 Å². The molecule has 0 aliphatic carbocycles. The first-order valence-corrected chi connectivity index (χ1v) is 11.6. The van der Waals surface area contributed by atoms with Gasteiger partial charge in [0.25, 0.3) is 5.91 Å². The standard InChI is InChI=1S/C26H24N4OS/c31-26(30-20-9-11-21(12-10-20)32-22-13-15-27-17-22)18-5-7-19(8-6-18)29-25-14-16-28-24-4-2-1-3-23(24)25/h1-12,14,16,22,27H,13,15,17H2,(H,28,29)(H,30,31). The molecule has 1 aromatic heterocycles. The van der Waals surface area contributed by atoms with Crippen LogP contribution in [0.3, 0.4) is 0 Å². The van der Waals surface area contributed by atoms with Crippen molar-refractivity contribution in [2.75, 3.05) is 23.7 Å². The maximum Gasteiger partial charge on any atom is 0.255 e. The fourth-order valence-electron chi connectivity index (χ4n) is 3.81. The third kappa shape index (κ3) is 4.77. The van der Waals surface area contributed by atoms with Crippen molar-refractivity contribution >= 4 is 45.6 Å². The van der Waals surface area contributed by atoms with Crippen LogP contribution in [-0.4, -0.2) is 29.2 Å². The highest BCUT2D eigenvalue weighted by molar-refractivity contribution is 8.00. The number of thioether (sulfide) groups is 1. The first-order chi connectivity index (χ1) is 15.7. The number of nitrogens with one attached hydrogen (secondary N) is 3. The second-order valence-electron chi connectivity index (χ2n) is 7.79. The van der Waals surface area contributed by atoms with Crippen LogP contribution in [-0.2, 0) is 0 Å². The highest BCUT2D eigenvalue weighted by Crippen LogP contribution is 2.28. The lowest BCUT2D eigenvalue weighted by molar-refractivity contribution is 0.102. The molecular weight excluding hydrogens is 416 g/mol. The summed E-state index contributed by atoms with van der Waals surface area (Å²) in [5.41, 5.74) is 4.26. The Balaban J connectivity index is 1.22. The highest BCUT2D eigenvalue weighted by atomic mass is 32.2. The summed E-state index contributed by atoms with van der Waals surface area (Å²) in [5.74, 6) is -0.119. The second-order valence-corrected chi connectivity index (χ2v) is 9.16. The zero-order valence-corrected chi connectivity index (χ0v) is 18.4. The van der Waals surface area contributed by atoms with E-state index in [-0.39, 0.29) is 5.91 Å². The summed E-state index contributed by atoms with van der Waals surface area (Å²) in [5, 5.41) is 11.5. The largest absolute Gasteiger partial charge is 0.355 e. The summed E-state index contributed by atoms with van der Waals surface area (Å²) in [6.45, 7) is 2.16. The van der Waals surface area contributed by atoms with Crippen LogP contribution in [0, 0.1) is 0 Å². The van der Waals surface area contributed by atoms with Gasteiger partial charge in [0.1, 0.15) is 0 Å². The molecule has 32 heavy (non-hydrogen) atoms. The minimum atomic E-state index is -0.119. The predicted octanol–water partition coefficient (Wildman–Crippen LogP) is 5.68. The van der Waals surface area contributed by atoms with E-state index in [9.17, 15) is 4.79 Å². The maximum absolute atomic E-state index is 12.7. The number of anilines is 3. The molecule has 5 rings (SSSR count). The Bertz CT molecular complexity index is 1210. The number of hydrogen-bond acceptors (Lipinski definition) is 5. The van der Waals surface area contributed by atoms with Gasteiger partial charge in [0.15, 0.2) is 0 Å². The lowest BCUT2D eigenvalue weighted by atomic mass is 10.1. The van der Waals surface area contributed by atoms with Crippen molar-refractivity contribution in [3.05, 3.63) is 90.6 Å². The average Bonchev–Trinajstić information content (AvgIpc) is 3.34. The van der Waals surface area contributed by atoms with Crippen molar-refractivity contribution in [3.63, 3.8) is 0 Å². The minimum absolute atomic E-state index is 0.119. The SMILES string of the molecule is O=C(Nc1ccc(SC2CCNC2)cc1)c1ccc(Nc2ccnc3ccccc23)cc1. The highest BCUT2D eigenvalue weighted by Gasteiger charge is 2.15. The van der Waals surface area contributed by atoms with Gasteiger partial charge in [-0.05, 0) is 73.6 Å². The molecule has 1 aliphatic heterocycles. The number of pyridine rings is 1. The molecule has 0 radical (unpaired) electrons. The minimum Gasteiger partial charge on any atom is -0.355 e. The van der Waals surface area contributed by atoms with E-state index in [1.54, 1.807) is 6.20 Å². The summed E-state index contributed by atoms with van der Waals surface area (Å²) in [7, 11) is 0. The topological polar surface area (TPSA) is 66.1 Å². The molecule has 1 unspecified atom stereocenters. The van der Waals surface area contributed by atoms with Gasteiger partial charge in [-0.3, -0.25) is 9.78 Å². The fourth-order valence-corrected chi connectivity index (χ4v) is 4.92. The molecule has 0 bridgehead atoms. The van der Waals surface area contributed by atoms with E-state index in [2.05, 4.69) is 33.1 Å². The van der Waals surface area contributed by atoms with Gasteiger partial charge in [-0.1, -0.05) is 18.2 Å². The van der Waals surface area contributed by atoms with Gasteiger partial charge in [0.2, 0.25) is 0 Å². The van der Waals surface area contributed by atoms with Crippen LogP contribution in [0.4, 0.5) is 17.1 Å². The van der Waals surface area contributed by atoms with Crippen molar-refractivity contribution in [1.82, 2.24) is 10.3 Å². The molecule has 3 aromatic carbocycles. The predicted molar refractivity (Wildman–Crippen MR) is 133 cm³/mol. The van der Waals surface area contributed by atoms with Gasteiger partial charge in [0.05, 0.1) is 5.52 Å².